The van der Waals surface area contributed by atoms with E-state index in [0.717, 1.165) is 16.7 Å². The van der Waals surface area contributed by atoms with Crippen LogP contribution in [0.3, 0.4) is 0 Å². The third-order valence-corrected chi connectivity index (χ3v) is 3.22. The van der Waals surface area contributed by atoms with Crippen molar-refractivity contribution in [3.05, 3.63) is 60.2 Å². The maximum atomic E-state index is 11.6. The average molecular weight is 298 g/mol. The second-order valence-electron chi connectivity index (χ2n) is 4.97. The van der Waals surface area contributed by atoms with Crippen LogP contribution in [0.4, 0.5) is 0 Å². The Bertz CT molecular complexity index is 639. The van der Waals surface area contributed by atoms with Crippen molar-refractivity contribution in [1.29, 1.82) is 0 Å². The third kappa shape index (κ3) is 4.43. The van der Waals surface area contributed by atoms with Gasteiger partial charge in [0.15, 0.2) is 0 Å². The highest BCUT2D eigenvalue weighted by atomic mass is 16.3. The summed E-state index contributed by atoms with van der Waals surface area (Å²) in [5.74, 6) is -1.32. The number of primary amides is 1. The van der Waals surface area contributed by atoms with E-state index in [9.17, 15) is 14.7 Å². The van der Waals surface area contributed by atoms with Gasteiger partial charge in [-0.2, -0.15) is 0 Å². The van der Waals surface area contributed by atoms with Crippen molar-refractivity contribution in [2.45, 2.75) is 19.1 Å². The zero-order valence-electron chi connectivity index (χ0n) is 12.0. The zero-order chi connectivity index (χ0) is 15.9. The Morgan fingerprint density at radius 3 is 2.18 bits per heavy atom. The molecule has 5 heteroatoms. The van der Waals surface area contributed by atoms with Crippen LogP contribution in [0, 0.1) is 0 Å². The number of nitrogens with two attached hydrogens (primary N) is 1. The van der Waals surface area contributed by atoms with Gasteiger partial charge in [0.05, 0.1) is 6.42 Å². The molecule has 0 radical (unpaired) electrons. The molecule has 4 N–H and O–H groups in total. The molecule has 2 rings (SSSR count). The molecule has 0 saturated heterocycles. The number of carbonyl (C=O) groups is 2. The maximum Gasteiger partial charge on any atom is 0.249 e. The van der Waals surface area contributed by atoms with Crippen LogP contribution >= 0.6 is 0 Å². The Morgan fingerprint density at radius 1 is 1.00 bits per heavy atom. The van der Waals surface area contributed by atoms with Crippen LogP contribution in [-0.2, 0) is 16.1 Å². The topological polar surface area (TPSA) is 92.4 Å². The number of aliphatic hydroxyl groups excluding tert-OH is 1. The zero-order valence-corrected chi connectivity index (χ0v) is 12.0. The lowest BCUT2D eigenvalue weighted by Gasteiger charge is -2.10. The van der Waals surface area contributed by atoms with Gasteiger partial charge in [-0.1, -0.05) is 54.6 Å². The van der Waals surface area contributed by atoms with Crippen molar-refractivity contribution in [1.82, 2.24) is 5.32 Å². The smallest absolute Gasteiger partial charge is 0.249 e. The van der Waals surface area contributed by atoms with Crippen LogP contribution < -0.4 is 11.1 Å². The fourth-order valence-electron chi connectivity index (χ4n) is 2.04. The summed E-state index contributed by atoms with van der Waals surface area (Å²) in [5, 5.41) is 12.0. The highest BCUT2D eigenvalue weighted by molar-refractivity contribution is 5.86. The van der Waals surface area contributed by atoms with Gasteiger partial charge in [-0.3, -0.25) is 9.59 Å². The molecule has 0 spiro atoms. The largest absolute Gasteiger partial charge is 0.383 e. The van der Waals surface area contributed by atoms with E-state index in [1.807, 2.05) is 54.6 Å². The minimum atomic E-state index is -1.40. The van der Waals surface area contributed by atoms with E-state index in [0.29, 0.717) is 0 Å². The summed E-state index contributed by atoms with van der Waals surface area (Å²) in [6.45, 7) is 0.281. The molecule has 0 bridgehead atoms. The van der Waals surface area contributed by atoms with E-state index < -0.39 is 17.9 Å². The minimum Gasteiger partial charge on any atom is -0.383 e. The van der Waals surface area contributed by atoms with Gasteiger partial charge >= 0.3 is 0 Å². The van der Waals surface area contributed by atoms with Gasteiger partial charge in [-0.15, -0.1) is 0 Å². The highest BCUT2D eigenvalue weighted by Gasteiger charge is 2.16. The molecule has 0 aliphatic rings. The normalized spacial score (nSPS) is 11.7. The SMILES string of the molecule is NC(=O)CC(O)C(=O)NCc1ccc(-c2ccccc2)cc1. The van der Waals surface area contributed by atoms with Crippen LogP contribution in [0.1, 0.15) is 12.0 Å². The number of benzene rings is 2. The molecule has 5 nitrogen and oxygen atoms in total. The van der Waals surface area contributed by atoms with Crippen LogP contribution in [-0.4, -0.2) is 23.0 Å². The number of nitrogens with one attached hydrogen (secondary N) is 1. The van der Waals surface area contributed by atoms with E-state index in [1.165, 1.54) is 0 Å². The number of amides is 2. The predicted octanol–water partition coefficient (Wildman–Crippen LogP) is 1.21. The number of carbonyl (C=O) groups excluding carboxylic acids is 2. The molecule has 0 fully saturated rings. The van der Waals surface area contributed by atoms with Crippen molar-refractivity contribution in [2.75, 3.05) is 0 Å². The molecule has 1 unspecified atom stereocenters. The molecule has 0 aliphatic heterocycles. The van der Waals surface area contributed by atoms with Crippen LogP contribution in [0.25, 0.3) is 11.1 Å². The third-order valence-electron chi connectivity index (χ3n) is 3.22. The summed E-state index contributed by atoms with van der Waals surface area (Å²) >= 11 is 0. The second-order valence-corrected chi connectivity index (χ2v) is 4.97. The van der Waals surface area contributed by atoms with Crippen molar-refractivity contribution < 1.29 is 14.7 Å². The molecular weight excluding hydrogens is 280 g/mol. The Balaban J connectivity index is 1.92. The number of aliphatic hydroxyl groups is 1. The summed E-state index contributed by atoms with van der Waals surface area (Å²) < 4.78 is 0. The summed E-state index contributed by atoms with van der Waals surface area (Å²) in [7, 11) is 0. The Hall–Kier alpha value is -2.66. The summed E-state index contributed by atoms with van der Waals surface area (Å²) in [4.78, 5) is 22.2. The van der Waals surface area contributed by atoms with Crippen molar-refractivity contribution in [2.24, 2.45) is 5.73 Å². The fourth-order valence-corrected chi connectivity index (χ4v) is 2.04. The van der Waals surface area contributed by atoms with Crippen molar-refractivity contribution in [3.63, 3.8) is 0 Å². The van der Waals surface area contributed by atoms with Gasteiger partial charge in [0, 0.05) is 6.54 Å². The van der Waals surface area contributed by atoms with Crippen LogP contribution in [0.5, 0.6) is 0 Å². The van der Waals surface area contributed by atoms with Gasteiger partial charge < -0.3 is 16.2 Å². The summed E-state index contributed by atoms with van der Waals surface area (Å²) in [6, 6.07) is 17.7. The first-order valence-electron chi connectivity index (χ1n) is 6.94. The van der Waals surface area contributed by atoms with Crippen LogP contribution in [0.2, 0.25) is 0 Å². The molecule has 0 saturated carbocycles. The van der Waals surface area contributed by atoms with E-state index in [1.54, 1.807) is 0 Å². The van der Waals surface area contributed by atoms with Gasteiger partial charge in [-0.25, -0.2) is 0 Å². The predicted molar refractivity (Wildman–Crippen MR) is 83.5 cm³/mol. The van der Waals surface area contributed by atoms with Gasteiger partial charge in [0.2, 0.25) is 11.8 Å². The summed E-state index contributed by atoms with van der Waals surface area (Å²) in [5.41, 5.74) is 8.04. The van der Waals surface area contributed by atoms with Crippen LogP contribution in [0.15, 0.2) is 54.6 Å². The Labute approximate surface area is 128 Å². The standard InChI is InChI=1S/C17H18N2O3/c18-16(21)10-15(20)17(22)19-11-12-6-8-14(9-7-12)13-4-2-1-3-5-13/h1-9,15,20H,10-11H2,(H2,18,21)(H,19,22). The molecule has 0 aliphatic carbocycles. The van der Waals surface area contributed by atoms with E-state index in [2.05, 4.69) is 5.32 Å². The molecule has 2 aromatic carbocycles. The molecular formula is C17H18N2O3. The Kier molecular flexibility index (Phi) is 5.27. The molecule has 22 heavy (non-hydrogen) atoms. The van der Waals surface area contributed by atoms with Gasteiger partial charge in [0.25, 0.3) is 0 Å². The van der Waals surface area contributed by atoms with E-state index >= 15 is 0 Å². The second kappa shape index (κ2) is 7.38. The molecule has 114 valence electrons. The van der Waals surface area contributed by atoms with Crippen molar-refractivity contribution in [3.8, 4) is 11.1 Å². The molecule has 0 heterocycles. The highest BCUT2D eigenvalue weighted by Crippen LogP contribution is 2.19. The first-order chi connectivity index (χ1) is 10.6. The first-order valence-corrected chi connectivity index (χ1v) is 6.94. The quantitative estimate of drug-likeness (QED) is 0.748. The Morgan fingerprint density at radius 2 is 1.59 bits per heavy atom. The van der Waals surface area contributed by atoms with Gasteiger partial charge in [-0.05, 0) is 16.7 Å². The lowest BCUT2D eigenvalue weighted by atomic mass is 10.0. The minimum absolute atomic E-state index is 0.281. The lowest BCUT2D eigenvalue weighted by molar-refractivity contribution is -0.133. The number of rotatable bonds is 6. The van der Waals surface area contributed by atoms with Crippen molar-refractivity contribution >= 4 is 11.8 Å². The van der Waals surface area contributed by atoms with E-state index in [-0.39, 0.29) is 13.0 Å². The molecule has 2 amide bonds. The lowest BCUT2D eigenvalue weighted by Crippen LogP contribution is -2.36. The fraction of sp³-hybridized carbons (Fsp3) is 0.176. The monoisotopic (exact) mass is 298 g/mol. The number of hydrogen-bond acceptors (Lipinski definition) is 3. The molecule has 1 atom stereocenters. The summed E-state index contributed by atoms with van der Waals surface area (Å²) in [6.07, 6.45) is -1.78. The number of hydrogen-bond donors (Lipinski definition) is 3. The van der Waals surface area contributed by atoms with E-state index in [4.69, 9.17) is 5.73 Å². The molecule has 2 aromatic rings. The van der Waals surface area contributed by atoms with Gasteiger partial charge in [0.1, 0.15) is 6.10 Å². The average Bonchev–Trinajstić information content (AvgIpc) is 2.53. The first kappa shape index (κ1) is 15.7. The maximum absolute atomic E-state index is 11.6. The molecule has 0 aromatic heterocycles.